The Labute approximate surface area is 183 Å². The molecular formula is C24H33NO4S. The molecule has 1 N–H and O–H groups in total. The predicted molar refractivity (Wildman–Crippen MR) is 120 cm³/mol. The van der Waals surface area contributed by atoms with Crippen molar-refractivity contribution in [2.75, 3.05) is 4.90 Å². The van der Waals surface area contributed by atoms with Crippen molar-refractivity contribution in [2.45, 2.75) is 84.6 Å². The van der Waals surface area contributed by atoms with E-state index >= 15 is 0 Å². The summed E-state index contributed by atoms with van der Waals surface area (Å²) in [6.07, 6.45) is 8.49. The largest absolute Gasteiger partial charge is 0.511 e. The zero-order chi connectivity index (χ0) is 21.7. The Balaban J connectivity index is 1.87. The number of rotatable bonds is 4. The van der Waals surface area contributed by atoms with Crippen LogP contribution in [0.3, 0.4) is 0 Å². The third-order valence-electron chi connectivity index (χ3n) is 6.22. The molecule has 0 aliphatic heterocycles. The summed E-state index contributed by atoms with van der Waals surface area (Å²) in [6.45, 7) is 6.15. The first kappa shape index (κ1) is 22.7. The van der Waals surface area contributed by atoms with Crippen molar-refractivity contribution in [3.63, 3.8) is 0 Å². The monoisotopic (exact) mass is 431 g/mol. The summed E-state index contributed by atoms with van der Waals surface area (Å²) in [5, 5.41) is 9.77. The molecule has 3 rings (SSSR count). The first-order valence-corrected chi connectivity index (χ1v) is 12.1. The first-order valence-electron chi connectivity index (χ1n) is 11.2. The van der Waals surface area contributed by atoms with Crippen molar-refractivity contribution in [1.29, 1.82) is 0 Å². The molecule has 164 valence electrons. The maximum atomic E-state index is 13.4. The van der Waals surface area contributed by atoms with Gasteiger partial charge in [-0.15, -0.1) is 11.3 Å². The lowest BCUT2D eigenvalue weighted by molar-refractivity contribution is -0.123. The van der Waals surface area contributed by atoms with E-state index in [4.69, 9.17) is 4.74 Å². The minimum absolute atomic E-state index is 0.0137. The van der Waals surface area contributed by atoms with Gasteiger partial charge in [-0.2, -0.15) is 0 Å². The maximum Gasteiger partial charge on any atom is 0.511 e. The van der Waals surface area contributed by atoms with Crippen molar-refractivity contribution in [2.24, 2.45) is 17.8 Å². The number of amides is 1. The third kappa shape index (κ3) is 5.78. The highest BCUT2D eigenvalue weighted by Crippen LogP contribution is 2.41. The van der Waals surface area contributed by atoms with E-state index in [-0.39, 0.29) is 23.6 Å². The van der Waals surface area contributed by atoms with E-state index in [9.17, 15) is 14.7 Å². The molecule has 1 heterocycles. The maximum absolute atomic E-state index is 13.4. The van der Waals surface area contributed by atoms with Crippen LogP contribution in [0.25, 0.3) is 0 Å². The van der Waals surface area contributed by atoms with Crippen LogP contribution in [0.5, 0.6) is 5.75 Å². The van der Waals surface area contributed by atoms with Gasteiger partial charge in [-0.05, 0) is 58.3 Å². The van der Waals surface area contributed by atoms with Gasteiger partial charge in [0.25, 0.3) is 0 Å². The summed E-state index contributed by atoms with van der Waals surface area (Å²) in [5.41, 5.74) is 0. The first-order chi connectivity index (χ1) is 14.3. The minimum Gasteiger partial charge on any atom is -0.449 e. The van der Waals surface area contributed by atoms with Gasteiger partial charge in [0.1, 0.15) is 5.00 Å². The average Bonchev–Trinajstić information content (AvgIpc) is 3.09. The Kier molecular flexibility index (Phi) is 7.82. The Morgan fingerprint density at radius 2 is 1.80 bits per heavy atom. The Hall–Kier alpha value is -2.00. The number of thiophene rings is 1. The van der Waals surface area contributed by atoms with Crippen molar-refractivity contribution in [1.82, 2.24) is 0 Å². The smallest absolute Gasteiger partial charge is 0.449 e. The molecule has 30 heavy (non-hydrogen) atoms. The van der Waals surface area contributed by atoms with Crippen LogP contribution >= 0.6 is 11.3 Å². The van der Waals surface area contributed by atoms with Gasteiger partial charge < -0.3 is 9.84 Å². The number of carboxylic acid groups (broad SMARTS) is 1. The molecule has 1 amide bonds. The molecule has 6 heteroatoms. The lowest BCUT2D eigenvalue weighted by Gasteiger charge is -2.33. The van der Waals surface area contributed by atoms with Crippen LogP contribution in [0, 0.1) is 29.6 Å². The predicted octanol–water partition coefficient (Wildman–Crippen LogP) is 6.30. The van der Waals surface area contributed by atoms with E-state index in [1.165, 1.54) is 30.6 Å². The molecule has 2 fully saturated rings. The second-order valence-corrected chi connectivity index (χ2v) is 10.0. The summed E-state index contributed by atoms with van der Waals surface area (Å²) in [5.74, 6) is 7.91. The highest BCUT2D eigenvalue weighted by atomic mass is 32.1. The van der Waals surface area contributed by atoms with E-state index in [2.05, 4.69) is 18.8 Å². The minimum atomic E-state index is -1.37. The lowest BCUT2D eigenvalue weighted by Crippen LogP contribution is -2.42. The Morgan fingerprint density at radius 3 is 2.40 bits per heavy atom. The molecule has 0 saturated heterocycles. The second-order valence-electron chi connectivity index (χ2n) is 9.01. The van der Waals surface area contributed by atoms with Crippen LogP contribution in [0.4, 0.5) is 9.80 Å². The zero-order valence-corrected chi connectivity index (χ0v) is 19.1. The molecule has 0 radical (unpaired) electrons. The van der Waals surface area contributed by atoms with Crippen LogP contribution in [0.1, 0.15) is 83.4 Å². The van der Waals surface area contributed by atoms with Crippen LogP contribution in [-0.4, -0.2) is 23.2 Å². The molecular weight excluding hydrogens is 398 g/mol. The van der Waals surface area contributed by atoms with Gasteiger partial charge in [0.15, 0.2) is 5.75 Å². The van der Waals surface area contributed by atoms with Crippen molar-refractivity contribution < 1.29 is 19.4 Å². The Morgan fingerprint density at radius 1 is 1.13 bits per heavy atom. The van der Waals surface area contributed by atoms with Crippen LogP contribution < -0.4 is 9.64 Å². The molecule has 2 aliphatic rings. The quantitative estimate of drug-likeness (QED) is 0.448. The second kappa shape index (κ2) is 10.3. The molecule has 0 spiro atoms. The lowest BCUT2D eigenvalue weighted by atomic mass is 9.82. The number of anilines is 1. The van der Waals surface area contributed by atoms with E-state index in [1.54, 1.807) is 11.0 Å². The Bertz CT molecular complexity index is 805. The molecule has 0 aromatic carbocycles. The van der Waals surface area contributed by atoms with Gasteiger partial charge in [-0.1, -0.05) is 38.0 Å². The molecule has 0 unspecified atom stereocenters. The number of carbonyl (C=O) groups is 2. The highest BCUT2D eigenvalue weighted by Gasteiger charge is 2.33. The van der Waals surface area contributed by atoms with Gasteiger partial charge >= 0.3 is 6.16 Å². The van der Waals surface area contributed by atoms with Crippen molar-refractivity contribution in [3.05, 3.63) is 10.9 Å². The third-order valence-corrected chi connectivity index (χ3v) is 7.25. The van der Waals surface area contributed by atoms with E-state index < -0.39 is 6.16 Å². The fourth-order valence-electron chi connectivity index (χ4n) is 4.47. The molecule has 5 nitrogen and oxygen atoms in total. The number of hydrogen-bond donors (Lipinski definition) is 1. The average molecular weight is 432 g/mol. The van der Waals surface area contributed by atoms with Gasteiger partial charge in [-0.3, -0.25) is 9.69 Å². The summed E-state index contributed by atoms with van der Waals surface area (Å²) in [7, 11) is 0. The van der Waals surface area contributed by atoms with Gasteiger partial charge in [0, 0.05) is 23.9 Å². The molecule has 0 atom stereocenters. The summed E-state index contributed by atoms with van der Waals surface area (Å²) < 4.78 is 5.07. The number of hydrogen-bond acceptors (Lipinski definition) is 4. The topological polar surface area (TPSA) is 66.8 Å². The summed E-state index contributed by atoms with van der Waals surface area (Å²) in [4.78, 5) is 27.2. The van der Waals surface area contributed by atoms with Gasteiger partial charge in [-0.25, -0.2) is 4.79 Å². The fraction of sp³-hybridized carbons (Fsp3) is 0.667. The van der Waals surface area contributed by atoms with Crippen LogP contribution in [-0.2, 0) is 4.79 Å². The molecule has 0 bridgehead atoms. The number of nitrogens with zero attached hydrogens (tertiary/aromatic N) is 1. The molecule has 2 saturated carbocycles. The fourth-order valence-corrected chi connectivity index (χ4v) is 5.56. The molecule has 1 aromatic rings. The van der Waals surface area contributed by atoms with E-state index in [0.717, 1.165) is 43.4 Å². The van der Waals surface area contributed by atoms with Gasteiger partial charge in [0.05, 0.1) is 4.88 Å². The summed E-state index contributed by atoms with van der Waals surface area (Å²) >= 11 is 1.36. The van der Waals surface area contributed by atoms with E-state index in [0.29, 0.717) is 16.8 Å². The van der Waals surface area contributed by atoms with Crippen molar-refractivity contribution in [3.8, 4) is 17.6 Å². The van der Waals surface area contributed by atoms with Crippen LogP contribution in [0.15, 0.2) is 6.07 Å². The standard InChI is InChI=1S/C24H33NO4S/c1-16(2)25(22(26)19-12-9-17(3)10-13-19)23-21(29-24(27)28)15-20(30-23)14-11-18-7-5-4-6-8-18/h15-19H,4-10,12-13H2,1-3H3,(H,27,28). The van der Waals surface area contributed by atoms with Crippen molar-refractivity contribution >= 4 is 28.4 Å². The number of carbonyl (C=O) groups excluding carboxylic acids is 1. The molecule has 2 aliphatic carbocycles. The SMILES string of the molecule is CC1CCC(C(=O)N(c2sc(C#CC3CCCCC3)cc2OC(=O)O)C(C)C)CC1. The highest BCUT2D eigenvalue weighted by molar-refractivity contribution is 7.17. The van der Waals surface area contributed by atoms with Gasteiger partial charge in [0.2, 0.25) is 5.91 Å². The number of ether oxygens (including phenoxy) is 1. The van der Waals surface area contributed by atoms with Crippen LogP contribution in [0.2, 0.25) is 0 Å². The normalized spacial score (nSPS) is 22.3. The van der Waals surface area contributed by atoms with E-state index in [1.807, 2.05) is 13.8 Å². The molecule has 1 aromatic heterocycles. The summed E-state index contributed by atoms with van der Waals surface area (Å²) in [6, 6.07) is 1.58. The zero-order valence-electron chi connectivity index (χ0n) is 18.3.